The first-order valence-corrected chi connectivity index (χ1v) is 11.8. The smallest absolute Gasteiger partial charge is 0.119 e. The minimum Gasteiger partial charge on any atom is -0.492 e. The van der Waals surface area contributed by atoms with Crippen LogP contribution in [0.3, 0.4) is 0 Å². The van der Waals surface area contributed by atoms with E-state index in [2.05, 4.69) is 71.7 Å². The Balaban J connectivity index is 1.29. The first kappa shape index (κ1) is 20.7. The van der Waals surface area contributed by atoms with Crippen molar-refractivity contribution < 1.29 is 9.47 Å². The number of morpholine rings is 1. The maximum atomic E-state index is 6.18. The lowest BCUT2D eigenvalue weighted by atomic mass is 10.1. The third-order valence-electron chi connectivity index (χ3n) is 5.88. The largest absolute Gasteiger partial charge is 0.492 e. The zero-order chi connectivity index (χ0) is 19.9. The van der Waals surface area contributed by atoms with E-state index in [9.17, 15) is 0 Å². The summed E-state index contributed by atoms with van der Waals surface area (Å²) >= 11 is 2.01. The molecule has 4 nitrogen and oxygen atoms in total. The molecule has 29 heavy (non-hydrogen) atoms. The van der Waals surface area contributed by atoms with Crippen LogP contribution in [0, 0.1) is 0 Å². The van der Waals surface area contributed by atoms with Crippen LogP contribution in [-0.2, 0) is 11.2 Å². The molecular weight excluding hydrogens is 380 g/mol. The van der Waals surface area contributed by atoms with Gasteiger partial charge in [0, 0.05) is 36.8 Å². The summed E-state index contributed by atoms with van der Waals surface area (Å²) in [4.78, 5) is 2.53. The maximum Gasteiger partial charge on any atom is 0.119 e. The van der Waals surface area contributed by atoms with Crippen LogP contribution in [0.5, 0.6) is 5.75 Å². The molecule has 0 bridgehead atoms. The summed E-state index contributed by atoms with van der Waals surface area (Å²) in [7, 11) is 0. The number of benzene rings is 2. The minimum atomic E-state index is 0.154. The van der Waals surface area contributed by atoms with Crippen LogP contribution in [-0.4, -0.2) is 54.9 Å². The molecule has 2 saturated heterocycles. The highest BCUT2D eigenvalue weighted by atomic mass is 32.2. The van der Waals surface area contributed by atoms with Gasteiger partial charge in [-0.15, -0.1) is 11.8 Å². The van der Waals surface area contributed by atoms with E-state index in [1.165, 1.54) is 11.1 Å². The lowest BCUT2D eigenvalue weighted by Gasteiger charge is -2.38. The number of hydrogen-bond acceptors (Lipinski definition) is 5. The van der Waals surface area contributed by atoms with E-state index in [1.54, 1.807) is 0 Å². The molecule has 0 aromatic heterocycles. The summed E-state index contributed by atoms with van der Waals surface area (Å²) in [6.45, 7) is 6.76. The van der Waals surface area contributed by atoms with Crippen LogP contribution in [0.2, 0.25) is 0 Å². The van der Waals surface area contributed by atoms with Gasteiger partial charge >= 0.3 is 0 Å². The Kier molecular flexibility index (Phi) is 7.49. The molecule has 0 amide bonds. The number of hydrogen-bond donors (Lipinski definition) is 1. The Labute approximate surface area is 179 Å². The molecule has 0 radical (unpaired) electrons. The predicted octanol–water partition coefficient (Wildman–Crippen LogP) is 4.12. The van der Waals surface area contributed by atoms with Crippen LogP contribution in [0.15, 0.2) is 54.6 Å². The minimum absolute atomic E-state index is 0.154. The second-order valence-corrected chi connectivity index (χ2v) is 9.16. The normalized spacial score (nSPS) is 23.8. The van der Waals surface area contributed by atoms with Gasteiger partial charge < -0.3 is 14.8 Å². The Morgan fingerprint density at radius 3 is 2.72 bits per heavy atom. The molecule has 1 N–H and O–H groups in total. The first-order valence-electron chi connectivity index (χ1n) is 10.8. The second kappa shape index (κ2) is 10.5. The SMILES string of the molecule is CCC(COc1ccc(CC2CNCS2)cc1)N1CCOC(c2ccccc2)C1. The highest BCUT2D eigenvalue weighted by molar-refractivity contribution is 8.00. The summed E-state index contributed by atoms with van der Waals surface area (Å²) in [6.07, 6.45) is 2.36. The Morgan fingerprint density at radius 1 is 1.17 bits per heavy atom. The molecule has 156 valence electrons. The molecule has 2 heterocycles. The van der Waals surface area contributed by atoms with Gasteiger partial charge in [-0.05, 0) is 36.1 Å². The van der Waals surface area contributed by atoms with Crippen LogP contribution < -0.4 is 10.1 Å². The lowest BCUT2D eigenvalue weighted by molar-refractivity contribution is -0.0513. The molecule has 3 atom stereocenters. The zero-order valence-electron chi connectivity index (χ0n) is 17.3. The van der Waals surface area contributed by atoms with Crippen molar-refractivity contribution in [2.75, 3.05) is 38.7 Å². The highest BCUT2D eigenvalue weighted by Gasteiger charge is 2.27. The Bertz CT molecular complexity index is 734. The molecule has 0 spiro atoms. The number of nitrogens with zero attached hydrogens (tertiary/aromatic N) is 1. The average molecular weight is 413 g/mol. The molecule has 2 aromatic carbocycles. The monoisotopic (exact) mass is 412 g/mol. The van der Waals surface area contributed by atoms with E-state index in [0.29, 0.717) is 11.3 Å². The van der Waals surface area contributed by atoms with E-state index in [1.807, 2.05) is 11.8 Å². The van der Waals surface area contributed by atoms with E-state index >= 15 is 0 Å². The van der Waals surface area contributed by atoms with Gasteiger partial charge in [-0.25, -0.2) is 0 Å². The molecule has 2 aromatic rings. The van der Waals surface area contributed by atoms with Gasteiger partial charge in [0.1, 0.15) is 12.4 Å². The quantitative estimate of drug-likeness (QED) is 0.705. The second-order valence-electron chi connectivity index (χ2n) is 7.87. The fourth-order valence-electron chi connectivity index (χ4n) is 4.12. The summed E-state index contributed by atoms with van der Waals surface area (Å²) in [5.41, 5.74) is 2.66. The third kappa shape index (κ3) is 5.76. The molecular formula is C24H32N2O2S. The van der Waals surface area contributed by atoms with Gasteiger partial charge in [-0.2, -0.15) is 0 Å². The van der Waals surface area contributed by atoms with Gasteiger partial charge in [-0.1, -0.05) is 49.4 Å². The molecule has 0 aliphatic carbocycles. The van der Waals surface area contributed by atoms with E-state index in [0.717, 1.165) is 57.3 Å². The van der Waals surface area contributed by atoms with Gasteiger partial charge in [0.05, 0.1) is 12.7 Å². The molecule has 0 saturated carbocycles. The molecule has 5 heteroatoms. The molecule has 2 fully saturated rings. The first-order chi connectivity index (χ1) is 14.3. The fraction of sp³-hybridized carbons (Fsp3) is 0.500. The van der Waals surface area contributed by atoms with Crippen LogP contribution in [0.1, 0.15) is 30.6 Å². The van der Waals surface area contributed by atoms with E-state index in [4.69, 9.17) is 9.47 Å². The van der Waals surface area contributed by atoms with Crippen molar-refractivity contribution in [3.63, 3.8) is 0 Å². The van der Waals surface area contributed by atoms with Gasteiger partial charge in [0.25, 0.3) is 0 Å². The van der Waals surface area contributed by atoms with Crippen molar-refractivity contribution in [2.24, 2.45) is 0 Å². The van der Waals surface area contributed by atoms with Gasteiger partial charge in [0.2, 0.25) is 0 Å². The fourth-order valence-corrected chi connectivity index (χ4v) is 5.13. The molecule has 2 aliphatic heterocycles. The summed E-state index contributed by atoms with van der Waals surface area (Å²) in [5.74, 6) is 2.05. The molecule has 2 aliphatic rings. The summed E-state index contributed by atoms with van der Waals surface area (Å²) in [6, 6.07) is 19.6. The van der Waals surface area contributed by atoms with E-state index in [-0.39, 0.29) is 6.10 Å². The number of nitrogens with one attached hydrogen (secondary N) is 1. The zero-order valence-corrected chi connectivity index (χ0v) is 18.1. The van der Waals surface area contributed by atoms with Crippen molar-refractivity contribution in [3.8, 4) is 5.75 Å². The van der Waals surface area contributed by atoms with Crippen LogP contribution >= 0.6 is 11.8 Å². The molecule has 4 rings (SSSR count). The number of thioether (sulfide) groups is 1. The van der Waals surface area contributed by atoms with E-state index < -0.39 is 0 Å². The van der Waals surface area contributed by atoms with Crippen LogP contribution in [0.4, 0.5) is 0 Å². The Hall–Kier alpha value is -1.53. The predicted molar refractivity (Wildman–Crippen MR) is 121 cm³/mol. The third-order valence-corrected chi connectivity index (χ3v) is 7.05. The average Bonchev–Trinajstić information content (AvgIpc) is 3.29. The summed E-state index contributed by atoms with van der Waals surface area (Å²) in [5, 5.41) is 4.11. The maximum absolute atomic E-state index is 6.18. The van der Waals surface area contributed by atoms with Crippen molar-refractivity contribution >= 4 is 11.8 Å². The molecule has 3 unspecified atom stereocenters. The van der Waals surface area contributed by atoms with Gasteiger partial charge in [0.15, 0.2) is 0 Å². The van der Waals surface area contributed by atoms with Crippen molar-refractivity contribution in [1.29, 1.82) is 0 Å². The number of ether oxygens (including phenoxy) is 2. The lowest BCUT2D eigenvalue weighted by Crippen LogP contribution is -2.47. The summed E-state index contributed by atoms with van der Waals surface area (Å²) < 4.78 is 12.2. The highest BCUT2D eigenvalue weighted by Crippen LogP contribution is 2.25. The standard InChI is InChI=1S/C24H32N2O2S/c1-2-21(26-12-13-27-24(16-26)20-6-4-3-5-7-20)17-28-22-10-8-19(9-11-22)14-23-15-25-18-29-23/h3-11,21,23-25H,2,12-18H2,1H3. The van der Waals surface area contributed by atoms with Crippen molar-refractivity contribution in [2.45, 2.75) is 37.2 Å². The van der Waals surface area contributed by atoms with Crippen LogP contribution in [0.25, 0.3) is 0 Å². The number of rotatable bonds is 8. The van der Waals surface area contributed by atoms with Crippen molar-refractivity contribution in [3.05, 3.63) is 65.7 Å². The Morgan fingerprint density at radius 2 is 2.00 bits per heavy atom. The van der Waals surface area contributed by atoms with Gasteiger partial charge in [-0.3, -0.25) is 4.90 Å². The topological polar surface area (TPSA) is 33.7 Å². The van der Waals surface area contributed by atoms with Crippen molar-refractivity contribution in [1.82, 2.24) is 10.2 Å².